The summed E-state index contributed by atoms with van der Waals surface area (Å²) in [5.41, 5.74) is 0. The van der Waals surface area contributed by atoms with Gasteiger partial charge in [0.25, 0.3) is 10.0 Å². The van der Waals surface area contributed by atoms with Crippen LogP contribution in [0.2, 0.25) is 0 Å². The van der Waals surface area contributed by atoms with Crippen LogP contribution in [0.3, 0.4) is 0 Å². The van der Waals surface area contributed by atoms with Gasteiger partial charge in [0.2, 0.25) is 5.09 Å². The Morgan fingerprint density at radius 1 is 1.37 bits per heavy atom. The molecule has 1 fully saturated rings. The first-order chi connectivity index (χ1) is 9.14. The van der Waals surface area contributed by atoms with Crippen LogP contribution < -0.4 is 5.32 Å². The monoisotopic (exact) mass is 304 g/mol. The summed E-state index contributed by atoms with van der Waals surface area (Å²) in [4.78, 5) is 0. The Balaban J connectivity index is 2.11. The van der Waals surface area contributed by atoms with Crippen LogP contribution >= 0.6 is 11.8 Å². The van der Waals surface area contributed by atoms with Crippen LogP contribution in [0.4, 0.5) is 0 Å². The van der Waals surface area contributed by atoms with Crippen molar-refractivity contribution in [2.45, 2.75) is 25.0 Å². The summed E-state index contributed by atoms with van der Waals surface area (Å²) in [5.74, 6) is 2.53. The zero-order chi connectivity index (χ0) is 13.7. The maximum Gasteiger partial charge on any atom is 0.276 e. The largest absolute Gasteiger partial charge is 0.447 e. The number of hydrogen-bond donors (Lipinski definition) is 1. The molecule has 7 heteroatoms. The summed E-state index contributed by atoms with van der Waals surface area (Å²) in [7, 11) is -3.46. The highest BCUT2D eigenvalue weighted by Gasteiger charge is 2.28. The molecule has 5 nitrogen and oxygen atoms in total. The van der Waals surface area contributed by atoms with Crippen molar-refractivity contribution in [3.63, 3.8) is 0 Å². The Hall–Kier alpha value is -0.500. The number of hydrogen-bond acceptors (Lipinski definition) is 5. The second-order valence-corrected chi connectivity index (χ2v) is 7.46. The van der Waals surface area contributed by atoms with Crippen LogP contribution in [0.1, 0.15) is 19.1 Å². The minimum Gasteiger partial charge on any atom is -0.447 e. The first-order valence-electron chi connectivity index (χ1n) is 6.52. The molecule has 108 valence electrons. The van der Waals surface area contributed by atoms with E-state index in [2.05, 4.69) is 5.32 Å². The molecule has 1 aliphatic heterocycles. The van der Waals surface area contributed by atoms with Gasteiger partial charge in [0, 0.05) is 18.8 Å². The fourth-order valence-electron chi connectivity index (χ4n) is 1.93. The van der Waals surface area contributed by atoms with Gasteiger partial charge in [0.05, 0.1) is 6.54 Å². The molecule has 0 radical (unpaired) electrons. The van der Waals surface area contributed by atoms with E-state index in [1.165, 1.54) is 4.31 Å². The number of rotatable bonds is 5. The molecule has 19 heavy (non-hydrogen) atoms. The molecule has 1 aromatic heterocycles. The van der Waals surface area contributed by atoms with Gasteiger partial charge in [-0.25, -0.2) is 8.42 Å². The van der Waals surface area contributed by atoms with E-state index in [0.717, 1.165) is 24.5 Å². The van der Waals surface area contributed by atoms with Gasteiger partial charge in [-0.05, 0) is 30.9 Å². The van der Waals surface area contributed by atoms with Gasteiger partial charge in [-0.1, -0.05) is 6.92 Å². The topological polar surface area (TPSA) is 62.6 Å². The van der Waals surface area contributed by atoms with Crippen molar-refractivity contribution in [2.75, 3.05) is 31.1 Å². The average molecular weight is 304 g/mol. The molecule has 1 aromatic rings. The molecule has 1 N–H and O–H groups in total. The Kier molecular flexibility index (Phi) is 5.32. The molecule has 0 saturated carbocycles. The first kappa shape index (κ1) is 14.9. The molecule has 0 atom stereocenters. The molecule has 0 amide bonds. The standard InChI is InChI=1S/C12H20N2O3S2/c1-2-13-10-11-4-5-12(17-11)19(15,16)14-6-3-8-18-9-7-14/h4-5,13H,2-3,6-10H2,1H3. The predicted molar refractivity (Wildman–Crippen MR) is 76.8 cm³/mol. The van der Waals surface area contributed by atoms with Crippen molar-refractivity contribution in [3.8, 4) is 0 Å². The number of thioether (sulfide) groups is 1. The van der Waals surface area contributed by atoms with E-state index in [-0.39, 0.29) is 5.09 Å². The number of nitrogens with zero attached hydrogens (tertiary/aromatic N) is 1. The summed E-state index contributed by atoms with van der Waals surface area (Å²) in [6.07, 6.45) is 0.898. The van der Waals surface area contributed by atoms with Crippen molar-refractivity contribution in [2.24, 2.45) is 0 Å². The maximum atomic E-state index is 12.4. The normalized spacial score (nSPS) is 18.4. The molecular weight excluding hydrogens is 284 g/mol. The van der Waals surface area contributed by atoms with E-state index in [1.807, 2.05) is 6.92 Å². The van der Waals surface area contributed by atoms with E-state index in [4.69, 9.17) is 4.42 Å². The van der Waals surface area contributed by atoms with Gasteiger partial charge in [-0.2, -0.15) is 16.1 Å². The predicted octanol–water partition coefficient (Wildman–Crippen LogP) is 1.52. The van der Waals surface area contributed by atoms with Crippen LogP contribution in [-0.2, 0) is 16.6 Å². The molecule has 2 heterocycles. The number of sulfonamides is 1. The van der Waals surface area contributed by atoms with Crippen LogP contribution in [0.25, 0.3) is 0 Å². The zero-order valence-electron chi connectivity index (χ0n) is 11.1. The lowest BCUT2D eigenvalue weighted by Crippen LogP contribution is -2.32. The smallest absolute Gasteiger partial charge is 0.276 e. The molecule has 1 aliphatic rings. The lowest BCUT2D eigenvalue weighted by atomic mass is 10.4. The fraction of sp³-hybridized carbons (Fsp3) is 0.667. The minimum absolute atomic E-state index is 0.0623. The highest BCUT2D eigenvalue weighted by Crippen LogP contribution is 2.21. The average Bonchev–Trinajstić information content (AvgIpc) is 2.70. The van der Waals surface area contributed by atoms with Crippen molar-refractivity contribution in [1.82, 2.24) is 9.62 Å². The van der Waals surface area contributed by atoms with E-state index in [9.17, 15) is 8.42 Å². The molecule has 1 saturated heterocycles. The van der Waals surface area contributed by atoms with Gasteiger partial charge in [-0.3, -0.25) is 0 Å². The van der Waals surface area contributed by atoms with Gasteiger partial charge in [-0.15, -0.1) is 0 Å². The Bertz CT molecular complexity index is 491. The highest BCUT2D eigenvalue weighted by molar-refractivity contribution is 7.99. The SMILES string of the molecule is CCNCc1ccc(S(=O)(=O)N2CCCSCC2)o1. The van der Waals surface area contributed by atoms with Gasteiger partial charge in [0.1, 0.15) is 5.76 Å². The number of furan rings is 1. The highest BCUT2D eigenvalue weighted by atomic mass is 32.2. The molecular formula is C12H20N2O3S2. The third-order valence-corrected chi connectivity index (χ3v) is 5.78. The Morgan fingerprint density at radius 3 is 3.00 bits per heavy atom. The third kappa shape index (κ3) is 3.75. The van der Waals surface area contributed by atoms with Crippen molar-refractivity contribution >= 4 is 21.8 Å². The molecule has 0 aromatic carbocycles. The lowest BCUT2D eigenvalue weighted by molar-refractivity contribution is 0.371. The minimum atomic E-state index is -3.46. The Morgan fingerprint density at radius 2 is 2.21 bits per heavy atom. The van der Waals surface area contributed by atoms with Crippen molar-refractivity contribution < 1.29 is 12.8 Å². The van der Waals surface area contributed by atoms with E-state index in [1.54, 1.807) is 23.9 Å². The second kappa shape index (κ2) is 6.78. The first-order valence-corrected chi connectivity index (χ1v) is 9.11. The van der Waals surface area contributed by atoms with E-state index in [0.29, 0.717) is 25.4 Å². The van der Waals surface area contributed by atoms with E-state index < -0.39 is 10.0 Å². The van der Waals surface area contributed by atoms with Crippen molar-refractivity contribution in [1.29, 1.82) is 0 Å². The Labute approximate surface area is 118 Å². The van der Waals surface area contributed by atoms with Crippen molar-refractivity contribution in [3.05, 3.63) is 17.9 Å². The summed E-state index contributed by atoms with van der Waals surface area (Å²) in [6.45, 7) is 4.53. The van der Waals surface area contributed by atoms with E-state index >= 15 is 0 Å². The molecule has 0 spiro atoms. The quantitative estimate of drug-likeness (QED) is 0.893. The van der Waals surface area contributed by atoms with Crippen LogP contribution in [-0.4, -0.2) is 43.9 Å². The van der Waals surface area contributed by atoms with Gasteiger partial charge in [0.15, 0.2) is 0 Å². The van der Waals surface area contributed by atoms with Crippen LogP contribution in [0.15, 0.2) is 21.6 Å². The molecule has 2 rings (SSSR count). The van der Waals surface area contributed by atoms with Crippen LogP contribution in [0, 0.1) is 0 Å². The molecule has 0 bridgehead atoms. The molecule has 0 unspecified atom stereocenters. The second-order valence-electron chi connectivity index (χ2n) is 4.37. The number of nitrogens with one attached hydrogen (secondary N) is 1. The van der Waals surface area contributed by atoms with Crippen LogP contribution in [0.5, 0.6) is 0 Å². The van der Waals surface area contributed by atoms with Gasteiger partial charge >= 0.3 is 0 Å². The summed E-state index contributed by atoms with van der Waals surface area (Å²) in [5, 5.41) is 3.18. The summed E-state index contributed by atoms with van der Waals surface area (Å²) >= 11 is 1.80. The lowest BCUT2D eigenvalue weighted by Gasteiger charge is -2.17. The maximum absolute atomic E-state index is 12.4. The fourth-order valence-corrected chi connectivity index (χ4v) is 4.34. The summed E-state index contributed by atoms with van der Waals surface area (Å²) < 4.78 is 31.8. The van der Waals surface area contributed by atoms with Gasteiger partial charge < -0.3 is 9.73 Å². The zero-order valence-corrected chi connectivity index (χ0v) is 12.7. The third-order valence-electron chi connectivity index (χ3n) is 2.96. The summed E-state index contributed by atoms with van der Waals surface area (Å²) in [6, 6.07) is 3.28. The molecule has 0 aliphatic carbocycles.